The number of aliphatic hydroxyl groups is 1. The van der Waals surface area contributed by atoms with Crippen molar-refractivity contribution < 1.29 is 33.0 Å². The van der Waals surface area contributed by atoms with Gasteiger partial charge in [-0.05, 0) is 37.1 Å². The number of benzene rings is 2. The molecule has 0 saturated carbocycles. The van der Waals surface area contributed by atoms with Gasteiger partial charge in [-0.25, -0.2) is 19.5 Å². The normalized spacial score (nSPS) is 20.3. The number of fused-ring (bicyclic) bond motifs is 2. The number of nitrogens with one attached hydrogen (secondary N) is 1. The number of nitrogens with two attached hydrogens (primary N) is 1. The minimum atomic E-state index is -4.23. The Hall–Kier alpha value is -3.61. The van der Waals surface area contributed by atoms with Gasteiger partial charge in [0.1, 0.15) is 29.2 Å². The van der Waals surface area contributed by atoms with Crippen molar-refractivity contribution in [1.29, 1.82) is 0 Å². The molecule has 0 spiro atoms. The predicted octanol–water partition coefficient (Wildman–Crippen LogP) is 5.46. The van der Waals surface area contributed by atoms with E-state index in [1.165, 1.54) is 6.33 Å². The predicted molar refractivity (Wildman–Crippen MR) is 174 cm³/mol. The number of aromatic nitrogens is 4. The Bertz CT molecular complexity index is 1690. The second-order valence-corrected chi connectivity index (χ2v) is 13.7. The molecule has 46 heavy (non-hydrogen) atoms. The molecule has 1 aliphatic rings. The van der Waals surface area contributed by atoms with Gasteiger partial charge in [-0.15, -0.1) is 0 Å². The van der Waals surface area contributed by atoms with Crippen LogP contribution in [0.15, 0.2) is 48.8 Å². The average molecular weight is 655 g/mol. The Morgan fingerprint density at radius 3 is 2.76 bits per heavy atom. The SMILES string of the molecule is CCCCCOC(=O)[C@H](CC(C)C)NP(=O)(OC[C@@H]1CC(O)[C@H](n2cnc3c(N)nc(C)nc32)O1)Oc1cccc2ccccc12. The van der Waals surface area contributed by atoms with E-state index < -0.39 is 38.2 Å². The van der Waals surface area contributed by atoms with Gasteiger partial charge in [0, 0.05) is 11.8 Å². The van der Waals surface area contributed by atoms with Gasteiger partial charge in [0.25, 0.3) is 0 Å². The molecule has 4 N–H and O–H groups in total. The number of aryl methyl sites for hydroxylation is 1. The van der Waals surface area contributed by atoms with Crippen LogP contribution in [0.25, 0.3) is 21.9 Å². The summed E-state index contributed by atoms with van der Waals surface area (Å²) in [6.45, 7) is 7.77. The summed E-state index contributed by atoms with van der Waals surface area (Å²) in [6, 6.07) is 12.0. The molecule has 0 aliphatic carbocycles. The topological polar surface area (TPSA) is 173 Å². The summed E-state index contributed by atoms with van der Waals surface area (Å²) in [7, 11) is -4.23. The summed E-state index contributed by atoms with van der Waals surface area (Å²) in [4.78, 5) is 26.1. The van der Waals surface area contributed by atoms with Gasteiger partial charge in [-0.3, -0.25) is 13.9 Å². The Kier molecular flexibility index (Phi) is 10.9. The molecule has 0 radical (unpaired) electrons. The maximum atomic E-state index is 14.6. The van der Waals surface area contributed by atoms with Crippen molar-refractivity contribution in [2.45, 2.75) is 84.3 Å². The molecule has 1 aliphatic heterocycles. The zero-order chi connectivity index (χ0) is 32.8. The van der Waals surface area contributed by atoms with Crippen molar-refractivity contribution in [3.05, 3.63) is 54.6 Å². The zero-order valence-corrected chi connectivity index (χ0v) is 27.6. The maximum Gasteiger partial charge on any atom is 0.459 e. The van der Waals surface area contributed by atoms with Crippen molar-refractivity contribution >= 4 is 41.5 Å². The lowest BCUT2D eigenvalue weighted by atomic mass is 10.1. The van der Waals surface area contributed by atoms with Gasteiger partial charge in [0.05, 0.1) is 25.6 Å². The van der Waals surface area contributed by atoms with E-state index in [2.05, 4.69) is 27.0 Å². The molecule has 0 bridgehead atoms. The first-order valence-corrected chi connectivity index (χ1v) is 17.3. The third-order valence-corrected chi connectivity index (χ3v) is 9.25. The van der Waals surface area contributed by atoms with Crippen LogP contribution in [0.4, 0.5) is 5.82 Å². The fraction of sp³-hybridized carbons (Fsp3) is 0.500. The fourth-order valence-electron chi connectivity index (χ4n) is 5.49. The zero-order valence-electron chi connectivity index (χ0n) is 26.7. The van der Waals surface area contributed by atoms with Crippen molar-refractivity contribution in [1.82, 2.24) is 24.6 Å². The number of esters is 1. The van der Waals surface area contributed by atoms with E-state index in [1.807, 2.05) is 44.2 Å². The van der Waals surface area contributed by atoms with E-state index >= 15 is 0 Å². The summed E-state index contributed by atoms with van der Waals surface area (Å²) >= 11 is 0. The van der Waals surface area contributed by atoms with Crippen LogP contribution in [-0.4, -0.2) is 62.1 Å². The number of hydrogen-bond acceptors (Lipinski definition) is 11. The van der Waals surface area contributed by atoms with Crippen LogP contribution in [0.3, 0.4) is 0 Å². The van der Waals surface area contributed by atoms with Crippen LogP contribution in [0, 0.1) is 12.8 Å². The van der Waals surface area contributed by atoms with Crippen LogP contribution < -0.4 is 15.3 Å². The van der Waals surface area contributed by atoms with Crippen LogP contribution in [0.1, 0.15) is 64.9 Å². The molecule has 13 nitrogen and oxygen atoms in total. The Morgan fingerprint density at radius 1 is 1.20 bits per heavy atom. The number of anilines is 1. The van der Waals surface area contributed by atoms with E-state index in [-0.39, 0.29) is 31.4 Å². The number of hydrogen-bond donors (Lipinski definition) is 3. The Morgan fingerprint density at radius 2 is 1.98 bits per heavy atom. The van der Waals surface area contributed by atoms with Crippen LogP contribution in [0.2, 0.25) is 0 Å². The standard InChI is InChI=1S/C32H43N6O7P/c1-5-6-9-15-42-32(40)25(16-20(2)3)37-46(41,45-27-14-10-12-22-11-7-8-13-24(22)27)43-18-23-17-26(39)31(44-23)38-19-34-28-29(33)35-21(4)36-30(28)38/h7-8,10-14,19-20,23,25-26,31,39H,5-6,9,15-18H2,1-4H3,(H,37,41)(H2,33,35,36)/t23-,25-,26?,31+,46?/m0/s1. The number of unbranched alkanes of at least 4 members (excludes halogenated alkanes) is 2. The molecule has 5 rings (SSSR count). The molecule has 1 saturated heterocycles. The molecule has 14 heteroatoms. The molecule has 1 fully saturated rings. The smallest absolute Gasteiger partial charge is 0.459 e. The number of rotatable bonds is 15. The third kappa shape index (κ3) is 8.02. The van der Waals surface area contributed by atoms with Gasteiger partial charge >= 0.3 is 13.7 Å². The summed E-state index contributed by atoms with van der Waals surface area (Å²) in [5.74, 6) is 0.567. The molecule has 5 atom stereocenters. The summed E-state index contributed by atoms with van der Waals surface area (Å²) < 4.78 is 40.0. The molecule has 2 aromatic carbocycles. The molecule has 2 unspecified atom stereocenters. The molecule has 248 valence electrons. The quantitative estimate of drug-likeness (QED) is 0.0841. The summed E-state index contributed by atoms with van der Waals surface area (Å²) in [6.07, 6.45) is 2.22. The van der Waals surface area contributed by atoms with Gasteiger partial charge in [-0.2, -0.15) is 5.09 Å². The highest BCUT2D eigenvalue weighted by atomic mass is 31.2. The van der Waals surface area contributed by atoms with E-state index in [9.17, 15) is 14.5 Å². The van der Waals surface area contributed by atoms with Crippen molar-refractivity contribution in [2.75, 3.05) is 18.9 Å². The van der Waals surface area contributed by atoms with Crippen molar-refractivity contribution in [3.8, 4) is 5.75 Å². The second-order valence-electron chi connectivity index (χ2n) is 12.0. The molecule has 4 aromatic rings. The lowest BCUT2D eigenvalue weighted by molar-refractivity contribution is -0.146. The molecular weight excluding hydrogens is 611 g/mol. The Balaban J connectivity index is 1.37. The summed E-state index contributed by atoms with van der Waals surface area (Å²) in [5.41, 5.74) is 6.85. The van der Waals surface area contributed by atoms with Gasteiger partial charge in [0.15, 0.2) is 17.7 Å². The number of carbonyl (C=O) groups excluding carboxylic acids is 1. The number of carbonyl (C=O) groups is 1. The highest BCUT2D eigenvalue weighted by Crippen LogP contribution is 2.48. The Labute approximate surface area is 268 Å². The minimum Gasteiger partial charge on any atom is -0.465 e. The third-order valence-electron chi connectivity index (χ3n) is 7.70. The van der Waals surface area contributed by atoms with Crippen molar-refractivity contribution in [3.63, 3.8) is 0 Å². The first kappa shape index (κ1) is 33.7. The number of ether oxygens (including phenoxy) is 2. The lowest BCUT2D eigenvalue weighted by Gasteiger charge is -2.27. The number of nitrogens with zero attached hydrogens (tertiary/aromatic N) is 4. The molecule has 0 amide bonds. The van der Waals surface area contributed by atoms with Crippen LogP contribution >= 0.6 is 7.75 Å². The lowest BCUT2D eigenvalue weighted by Crippen LogP contribution is -2.39. The van der Waals surface area contributed by atoms with Gasteiger partial charge in [-0.1, -0.05) is 70.0 Å². The highest BCUT2D eigenvalue weighted by molar-refractivity contribution is 7.52. The molecular formula is C32H43N6O7P. The van der Waals surface area contributed by atoms with E-state index in [0.29, 0.717) is 29.2 Å². The molecule has 2 aromatic heterocycles. The van der Waals surface area contributed by atoms with Crippen molar-refractivity contribution in [2.24, 2.45) is 5.92 Å². The molecule has 3 heterocycles. The fourth-order valence-corrected chi connectivity index (χ4v) is 7.04. The van der Waals surface area contributed by atoms with Gasteiger partial charge in [0.2, 0.25) is 0 Å². The van der Waals surface area contributed by atoms with E-state index in [4.69, 9.17) is 24.3 Å². The summed E-state index contributed by atoms with van der Waals surface area (Å²) in [5, 5.41) is 15.5. The first-order valence-electron chi connectivity index (χ1n) is 15.7. The van der Waals surface area contributed by atoms with Crippen LogP contribution in [0.5, 0.6) is 5.75 Å². The van der Waals surface area contributed by atoms with E-state index in [0.717, 1.165) is 30.0 Å². The van der Waals surface area contributed by atoms with Crippen LogP contribution in [-0.2, 0) is 23.4 Å². The van der Waals surface area contributed by atoms with E-state index in [1.54, 1.807) is 23.6 Å². The number of nitrogen functional groups attached to an aromatic ring is 1. The number of imidazole rings is 1. The maximum absolute atomic E-state index is 14.6. The number of aliphatic hydroxyl groups excluding tert-OH is 1. The first-order chi connectivity index (χ1) is 22.1. The minimum absolute atomic E-state index is 0.0762. The van der Waals surface area contributed by atoms with Gasteiger partial charge < -0.3 is 24.8 Å². The largest absolute Gasteiger partial charge is 0.465 e. The second kappa shape index (κ2) is 14.9. The monoisotopic (exact) mass is 654 g/mol. The average Bonchev–Trinajstić information content (AvgIpc) is 3.60. The highest BCUT2D eigenvalue weighted by Gasteiger charge is 2.40.